The number of rotatable bonds is 3. The molecule has 1 aromatic carbocycles. The third-order valence-electron chi connectivity index (χ3n) is 2.39. The molecule has 0 amide bonds. The SMILES string of the molecule is CC(C)(C)CCOc1ccc(C#CCN)c(F)c1. The molecule has 0 atom stereocenters. The highest BCUT2D eigenvalue weighted by molar-refractivity contribution is 5.39. The third-order valence-corrected chi connectivity index (χ3v) is 2.39. The maximum absolute atomic E-state index is 13.6. The zero-order valence-corrected chi connectivity index (χ0v) is 11.2. The smallest absolute Gasteiger partial charge is 0.142 e. The van der Waals surface area contributed by atoms with Gasteiger partial charge in [-0.05, 0) is 24.0 Å². The largest absolute Gasteiger partial charge is 0.493 e. The van der Waals surface area contributed by atoms with Gasteiger partial charge in [0.1, 0.15) is 11.6 Å². The van der Waals surface area contributed by atoms with E-state index in [9.17, 15) is 4.39 Å². The van der Waals surface area contributed by atoms with Crippen LogP contribution in [0.1, 0.15) is 32.8 Å². The van der Waals surface area contributed by atoms with Gasteiger partial charge in [-0.2, -0.15) is 0 Å². The summed E-state index contributed by atoms with van der Waals surface area (Å²) in [4.78, 5) is 0. The fourth-order valence-corrected chi connectivity index (χ4v) is 1.31. The Hall–Kier alpha value is -1.53. The van der Waals surface area contributed by atoms with Gasteiger partial charge in [0.15, 0.2) is 0 Å². The van der Waals surface area contributed by atoms with Gasteiger partial charge < -0.3 is 10.5 Å². The molecule has 0 aliphatic carbocycles. The first-order valence-electron chi connectivity index (χ1n) is 6.04. The lowest BCUT2D eigenvalue weighted by Gasteiger charge is -2.18. The predicted octanol–water partition coefficient (Wildman–Crippen LogP) is 2.95. The van der Waals surface area contributed by atoms with Gasteiger partial charge in [-0.3, -0.25) is 0 Å². The number of hydrogen-bond donors (Lipinski definition) is 1. The van der Waals surface area contributed by atoms with Crippen molar-refractivity contribution in [2.75, 3.05) is 13.2 Å². The van der Waals surface area contributed by atoms with Crippen molar-refractivity contribution >= 4 is 0 Å². The highest BCUT2D eigenvalue weighted by atomic mass is 19.1. The molecule has 0 saturated heterocycles. The summed E-state index contributed by atoms with van der Waals surface area (Å²) in [6.07, 6.45) is 0.920. The summed E-state index contributed by atoms with van der Waals surface area (Å²) >= 11 is 0. The summed E-state index contributed by atoms with van der Waals surface area (Å²) in [5, 5.41) is 0. The number of hydrogen-bond acceptors (Lipinski definition) is 2. The molecular weight excluding hydrogens is 229 g/mol. The molecule has 0 saturated carbocycles. The first-order valence-corrected chi connectivity index (χ1v) is 6.04. The van der Waals surface area contributed by atoms with Gasteiger partial charge in [0, 0.05) is 6.07 Å². The number of halogens is 1. The van der Waals surface area contributed by atoms with Gasteiger partial charge in [0.25, 0.3) is 0 Å². The summed E-state index contributed by atoms with van der Waals surface area (Å²) in [7, 11) is 0. The van der Waals surface area contributed by atoms with Crippen LogP contribution in [0.2, 0.25) is 0 Å². The van der Waals surface area contributed by atoms with Crippen LogP contribution in [0.15, 0.2) is 18.2 Å². The van der Waals surface area contributed by atoms with E-state index in [0.29, 0.717) is 17.9 Å². The molecule has 0 aliphatic rings. The van der Waals surface area contributed by atoms with E-state index in [2.05, 4.69) is 32.6 Å². The lowest BCUT2D eigenvalue weighted by molar-refractivity contribution is 0.242. The van der Waals surface area contributed by atoms with Gasteiger partial charge in [-0.15, -0.1) is 0 Å². The molecular formula is C15H20FNO. The van der Waals surface area contributed by atoms with E-state index < -0.39 is 0 Å². The van der Waals surface area contributed by atoms with Crippen molar-refractivity contribution < 1.29 is 9.13 Å². The lowest BCUT2D eigenvalue weighted by atomic mass is 9.93. The Labute approximate surface area is 108 Å². The van der Waals surface area contributed by atoms with Gasteiger partial charge in [0.05, 0.1) is 18.7 Å². The minimum atomic E-state index is -0.371. The number of benzene rings is 1. The molecule has 0 spiro atoms. The molecule has 3 heteroatoms. The lowest BCUT2D eigenvalue weighted by Crippen LogP contribution is -2.11. The number of nitrogens with two attached hydrogens (primary N) is 1. The first-order chi connectivity index (χ1) is 8.42. The van der Waals surface area contributed by atoms with Gasteiger partial charge in [-0.1, -0.05) is 32.6 Å². The standard InChI is InChI=1S/C15H20FNO/c1-15(2,3)8-10-18-13-7-6-12(5-4-9-17)14(16)11-13/h6-7,11H,8-10,17H2,1-3H3. The molecule has 0 unspecified atom stereocenters. The van der Waals surface area contributed by atoms with E-state index in [1.165, 1.54) is 6.07 Å². The van der Waals surface area contributed by atoms with Crippen LogP contribution in [0.5, 0.6) is 5.75 Å². The average molecular weight is 249 g/mol. The van der Waals surface area contributed by atoms with E-state index in [-0.39, 0.29) is 17.8 Å². The Morgan fingerprint density at radius 1 is 1.33 bits per heavy atom. The first kappa shape index (κ1) is 14.5. The average Bonchev–Trinajstić information content (AvgIpc) is 2.26. The van der Waals surface area contributed by atoms with Crippen LogP contribution in [0.4, 0.5) is 4.39 Å². The highest BCUT2D eigenvalue weighted by Gasteiger charge is 2.10. The molecule has 2 N–H and O–H groups in total. The zero-order valence-electron chi connectivity index (χ0n) is 11.2. The molecule has 0 bridgehead atoms. The molecule has 0 aromatic heterocycles. The normalized spacial score (nSPS) is 10.7. The zero-order chi connectivity index (χ0) is 13.6. The Bertz CT molecular complexity index is 452. The Morgan fingerprint density at radius 3 is 2.61 bits per heavy atom. The molecule has 0 radical (unpaired) electrons. The molecule has 1 rings (SSSR count). The van der Waals surface area contributed by atoms with Crippen molar-refractivity contribution in [2.45, 2.75) is 27.2 Å². The summed E-state index contributed by atoms with van der Waals surface area (Å²) in [6, 6.07) is 4.71. The second-order valence-corrected chi connectivity index (χ2v) is 5.31. The van der Waals surface area contributed by atoms with Gasteiger partial charge in [-0.25, -0.2) is 4.39 Å². The molecule has 0 fully saturated rings. The van der Waals surface area contributed by atoms with Crippen molar-refractivity contribution in [3.05, 3.63) is 29.6 Å². The molecule has 18 heavy (non-hydrogen) atoms. The van der Waals surface area contributed by atoms with Crippen molar-refractivity contribution in [3.8, 4) is 17.6 Å². The van der Waals surface area contributed by atoms with Crippen LogP contribution < -0.4 is 10.5 Å². The minimum Gasteiger partial charge on any atom is -0.493 e. The second kappa shape index (κ2) is 6.42. The molecule has 0 heterocycles. The van der Waals surface area contributed by atoms with Crippen LogP contribution in [0.3, 0.4) is 0 Å². The van der Waals surface area contributed by atoms with E-state index in [1.807, 2.05) is 0 Å². The van der Waals surface area contributed by atoms with Crippen LogP contribution in [0, 0.1) is 23.1 Å². The van der Waals surface area contributed by atoms with Crippen LogP contribution in [0.25, 0.3) is 0 Å². The molecule has 2 nitrogen and oxygen atoms in total. The fourth-order valence-electron chi connectivity index (χ4n) is 1.31. The quantitative estimate of drug-likeness (QED) is 0.836. The maximum Gasteiger partial charge on any atom is 0.142 e. The number of ether oxygens (including phenoxy) is 1. The molecule has 98 valence electrons. The minimum absolute atomic E-state index is 0.213. The predicted molar refractivity (Wildman–Crippen MR) is 71.9 cm³/mol. The van der Waals surface area contributed by atoms with Crippen LogP contribution >= 0.6 is 0 Å². The van der Waals surface area contributed by atoms with Crippen LogP contribution in [-0.2, 0) is 0 Å². The van der Waals surface area contributed by atoms with Crippen molar-refractivity contribution in [1.82, 2.24) is 0 Å². The van der Waals surface area contributed by atoms with Crippen molar-refractivity contribution in [2.24, 2.45) is 11.1 Å². The Balaban J connectivity index is 2.62. The summed E-state index contributed by atoms with van der Waals surface area (Å²) in [6.45, 7) is 7.23. The van der Waals surface area contributed by atoms with Gasteiger partial charge >= 0.3 is 0 Å². The highest BCUT2D eigenvalue weighted by Crippen LogP contribution is 2.20. The molecule has 1 aromatic rings. The van der Waals surface area contributed by atoms with Crippen molar-refractivity contribution in [3.63, 3.8) is 0 Å². The van der Waals surface area contributed by atoms with Crippen molar-refractivity contribution in [1.29, 1.82) is 0 Å². The summed E-state index contributed by atoms with van der Waals surface area (Å²) < 4.78 is 19.1. The fraction of sp³-hybridized carbons (Fsp3) is 0.467. The Morgan fingerprint density at radius 2 is 2.06 bits per heavy atom. The maximum atomic E-state index is 13.6. The van der Waals surface area contributed by atoms with Gasteiger partial charge in [0.2, 0.25) is 0 Å². The van der Waals surface area contributed by atoms with E-state index in [1.54, 1.807) is 12.1 Å². The van der Waals surface area contributed by atoms with E-state index in [4.69, 9.17) is 10.5 Å². The summed E-state index contributed by atoms with van der Waals surface area (Å²) in [5.74, 6) is 5.47. The third kappa shape index (κ3) is 5.20. The van der Waals surface area contributed by atoms with E-state index in [0.717, 1.165) is 6.42 Å². The monoisotopic (exact) mass is 249 g/mol. The topological polar surface area (TPSA) is 35.2 Å². The Kier molecular flexibility index (Phi) is 5.18. The van der Waals surface area contributed by atoms with Crippen LogP contribution in [-0.4, -0.2) is 13.2 Å². The molecule has 0 aliphatic heterocycles. The van der Waals surface area contributed by atoms with E-state index >= 15 is 0 Å². The summed E-state index contributed by atoms with van der Waals surface area (Å²) in [5.41, 5.74) is 5.81. The second-order valence-electron chi connectivity index (χ2n) is 5.31.